The largest absolute Gasteiger partial charge is 0.481 e. The number of ether oxygens (including phenoxy) is 1. The maximum Gasteiger partial charge on any atom is 0.341 e. The van der Waals surface area contributed by atoms with E-state index in [-0.39, 0.29) is 32.6 Å². The Morgan fingerprint density at radius 3 is 2.53 bits per heavy atom. The monoisotopic (exact) mass is 512 g/mol. The molecule has 2 aromatic carbocycles. The van der Waals surface area contributed by atoms with Gasteiger partial charge >= 0.3 is 12.0 Å². The summed E-state index contributed by atoms with van der Waals surface area (Å²) in [5.74, 6) is -2.87. The number of barbiturate groups is 1. The Hall–Kier alpha value is -2.88. The summed E-state index contributed by atoms with van der Waals surface area (Å²) in [5, 5.41) is 11.3. The number of urea groups is 1. The van der Waals surface area contributed by atoms with E-state index in [2.05, 4.69) is 21.2 Å². The zero-order valence-electron chi connectivity index (χ0n) is 14.8. The van der Waals surface area contributed by atoms with E-state index in [1.807, 2.05) is 0 Å². The molecule has 3 rings (SSSR count). The third-order valence-electron chi connectivity index (χ3n) is 3.89. The van der Waals surface area contributed by atoms with Crippen LogP contribution in [-0.4, -0.2) is 35.5 Å². The minimum absolute atomic E-state index is 0.113. The average Bonchev–Trinajstić information content (AvgIpc) is 2.67. The van der Waals surface area contributed by atoms with Crippen LogP contribution < -0.4 is 15.0 Å². The van der Waals surface area contributed by atoms with Crippen molar-refractivity contribution >= 4 is 74.7 Å². The first-order chi connectivity index (χ1) is 14.2. The Morgan fingerprint density at radius 2 is 1.87 bits per heavy atom. The Balaban J connectivity index is 2.03. The van der Waals surface area contributed by atoms with Crippen molar-refractivity contribution < 1.29 is 29.0 Å². The number of carbonyl (C=O) groups is 4. The number of carboxylic acid groups (broad SMARTS) is 1. The predicted molar refractivity (Wildman–Crippen MR) is 113 cm³/mol. The van der Waals surface area contributed by atoms with Gasteiger partial charge in [-0.1, -0.05) is 39.1 Å². The molecule has 0 unspecified atom stereocenters. The summed E-state index contributed by atoms with van der Waals surface area (Å²) in [6.45, 7) is -0.619. The fourth-order valence-corrected chi connectivity index (χ4v) is 3.25. The lowest BCUT2D eigenvalue weighted by atomic mass is 10.1. The van der Waals surface area contributed by atoms with Crippen LogP contribution in [0.3, 0.4) is 0 Å². The zero-order chi connectivity index (χ0) is 22.0. The molecule has 1 aliphatic heterocycles. The van der Waals surface area contributed by atoms with Crippen LogP contribution in [-0.2, 0) is 14.4 Å². The van der Waals surface area contributed by atoms with Gasteiger partial charge < -0.3 is 9.84 Å². The molecular formula is C19H11BrCl2N2O6. The Kier molecular flexibility index (Phi) is 6.45. The number of benzene rings is 2. The molecule has 1 fully saturated rings. The molecule has 2 N–H and O–H groups in total. The summed E-state index contributed by atoms with van der Waals surface area (Å²) in [7, 11) is 0. The second-order valence-electron chi connectivity index (χ2n) is 5.92. The molecule has 1 aliphatic rings. The van der Waals surface area contributed by atoms with Crippen LogP contribution in [0.15, 0.2) is 46.4 Å². The Bertz CT molecular complexity index is 1120. The minimum Gasteiger partial charge on any atom is -0.481 e. The van der Waals surface area contributed by atoms with Gasteiger partial charge in [0.1, 0.15) is 11.3 Å². The number of rotatable bonds is 5. The number of imide groups is 2. The van der Waals surface area contributed by atoms with Crippen LogP contribution in [0.5, 0.6) is 5.75 Å². The molecule has 1 heterocycles. The highest BCUT2D eigenvalue weighted by atomic mass is 79.9. The second-order valence-corrected chi connectivity index (χ2v) is 7.65. The first-order valence-corrected chi connectivity index (χ1v) is 9.73. The summed E-state index contributed by atoms with van der Waals surface area (Å²) in [6, 6.07) is 7.79. The van der Waals surface area contributed by atoms with Gasteiger partial charge in [0.2, 0.25) is 0 Å². The maximum atomic E-state index is 13.0. The van der Waals surface area contributed by atoms with E-state index >= 15 is 0 Å². The minimum atomic E-state index is -1.20. The standard InChI is InChI=1S/C19H11BrCl2N2O6/c20-10-1-4-15(30-8-16(25)26)9(5-10)6-12-17(27)23-19(29)24(18(12)28)11-2-3-13(21)14(22)7-11/h1-7H,8H2,(H,25,26)(H,23,27,29)/b12-6+. The Labute approximate surface area is 188 Å². The molecule has 154 valence electrons. The maximum absolute atomic E-state index is 13.0. The second kappa shape index (κ2) is 8.86. The van der Waals surface area contributed by atoms with Crippen LogP contribution in [0.1, 0.15) is 5.56 Å². The molecular weight excluding hydrogens is 503 g/mol. The summed E-state index contributed by atoms with van der Waals surface area (Å²) in [4.78, 5) is 49.1. The molecule has 8 nitrogen and oxygen atoms in total. The van der Waals surface area contributed by atoms with Gasteiger partial charge in [-0.25, -0.2) is 14.5 Å². The van der Waals surface area contributed by atoms with Crippen molar-refractivity contribution in [2.24, 2.45) is 0 Å². The average molecular weight is 514 g/mol. The van der Waals surface area contributed by atoms with Crippen LogP contribution in [0.2, 0.25) is 10.0 Å². The van der Waals surface area contributed by atoms with Crippen LogP contribution in [0, 0.1) is 0 Å². The topological polar surface area (TPSA) is 113 Å². The summed E-state index contributed by atoms with van der Waals surface area (Å²) in [5.41, 5.74) is 0.00778. The molecule has 0 aromatic heterocycles. The SMILES string of the molecule is O=C(O)COc1ccc(Br)cc1/C=C1\C(=O)NC(=O)N(c2ccc(Cl)c(Cl)c2)C1=O. The molecule has 30 heavy (non-hydrogen) atoms. The van der Waals surface area contributed by atoms with E-state index in [4.69, 9.17) is 33.0 Å². The zero-order valence-corrected chi connectivity index (χ0v) is 17.9. The van der Waals surface area contributed by atoms with Gasteiger partial charge in [0.25, 0.3) is 11.8 Å². The Morgan fingerprint density at radius 1 is 1.13 bits per heavy atom. The van der Waals surface area contributed by atoms with E-state index < -0.39 is 30.4 Å². The molecule has 0 bridgehead atoms. The van der Waals surface area contributed by atoms with Gasteiger partial charge in [-0.05, 0) is 42.5 Å². The van der Waals surface area contributed by atoms with E-state index in [9.17, 15) is 19.2 Å². The third-order valence-corrected chi connectivity index (χ3v) is 5.12. The molecule has 0 atom stereocenters. The van der Waals surface area contributed by atoms with E-state index in [1.165, 1.54) is 36.4 Å². The molecule has 11 heteroatoms. The number of carbonyl (C=O) groups excluding carboxylic acids is 3. The predicted octanol–water partition coefficient (Wildman–Crippen LogP) is 3.89. The van der Waals surface area contributed by atoms with Crippen molar-refractivity contribution in [2.75, 3.05) is 11.5 Å². The lowest BCUT2D eigenvalue weighted by Crippen LogP contribution is -2.54. The van der Waals surface area contributed by atoms with E-state index in [0.29, 0.717) is 4.47 Å². The van der Waals surface area contributed by atoms with Gasteiger partial charge in [0.15, 0.2) is 6.61 Å². The number of halogens is 3. The highest BCUT2D eigenvalue weighted by Crippen LogP contribution is 2.31. The molecule has 0 saturated carbocycles. The van der Waals surface area contributed by atoms with Crippen molar-refractivity contribution in [2.45, 2.75) is 0 Å². The van der Waals surface area contributed by atoms with Gasteiger partial charge in [-0.3, -0.25) is 14.9 Å². The van der Waals surface area contributed by atoms with Crippen molar-refractivity contribution in [1.29, 1.82) is 0 Å². The van der Waals surface area contributed by atoms with Crippen LogP contribution >= 0.6 is 39.1 Å². The molecule has 2 aromatic rings. The number of nitrogens with one attached hydrogen (secondary N) is 1. The molecule has 0 radical (unpaired) electrons. The first kappa shape index (κ1) is 21.8. The number of anilines is 1. The van der Waals surface area contributed by atoms with Gasteiger partial charge in [0, 0.05) is 10.0 Å². The fraction of sp³-hybridized carbons (Fsp3) is 0.0526. The third kappa shape index (κ3) is 4.64. The van der Waals surface area contributed by atoms with Crippen LogP contribution in [0.25, 0.3) is 6.08 Å². The van der Waals surface area contributed by atoms with Crippen molar-refractivity contribution in [3.8, 4) is 5.75 Å². The normalized spacial score (nSPS) is 15.4. The van der Waals surface area contributed by atoms with Crippen molar-refractivity contribution in [3.63, 3.8) is 0 Å². The molecule has 1 saturated heterocycles. The van der Waals surface area contributed by atoms with Crippen molar-refractivity contribution in [1.82, 2.24) is 5.32 Å². The van der Waals surface area contributed by atoms with Gasteiger partial charge in [-0.2, -0.15) is 0 Å². The van der Waals surface area contributed by atoms with Crippen LogP contribution in [0.4, 0.5) is 10.5 Å². The summed E-state index contributed by atoms with van der Waals surface area (Å²) < 4.78 is 5.80. The summed E-state index contributed by atoms with van der Waals surface area (Å²) >= 11 is 15.1. The molecule has 4 amide bonds. The quantitative estimate of drug-likeness (QED) is 0.463. The van der Waals surface area contributed by atoms with E-state index in [0.717, 1.165) is 4.90 Å². The molecule has 0 aliphatic carbocycles. The number of hydrogen-bond donors (Lipinski definition) is 2. The smallest absolute Gasteiger partial charge is 0.341 e. The number of aliphatic carboxylic acids is 1. The highest BCUT2D eigenvalue weighted by molar-refractivity contribution is 9.10. The first-order valence-electron chi connectivity index (χ1n) is 8.18. The number of nitrogens with zero attached hydrogens (tertiary/aromatic N) is 1. The molecule has 0 spiro atoms. The van der Waals surface area contributed by atoms with Crippen molar-refractivity contribution in [3.05, 3.63) is 62.1 Å². The highest BCUT2D eigenvalue weighted by Gasteiger charge is 2.37. The lowest BCUT2D eigenvalue weighted by Gasteiger charge is -2.26. The number of amides is 4. The van der Waals surface area contributed by atoms with Gasteiger partial charge in [-0.15, -0.1) is 0 Å². The number of carboxylic acids is 1. The van der Waals surface area contributed by atoms with E-state index in [1.54, 1.807) is 6.07 Å². The van der Waals surface area contributed by atoms with Gasteiger partial charge in [0.05, 0.1) is 15.7 Å². The number of hydrogen-bond acceptors (Lipinski definition) is 5. The lowest BCUT2D eigenvalue weighted by molar-refractivity contribution is -0.139. The summed E-state index contributed by atoms with van der Waals surface area (Å²) in [6.07, 6.45) is 1.20. The fourth-order valence-electron chi connectivity index (χ4n) is 2.57.